The van der Waals surface area contributed by atoms with Gasteiger partial charge in [-0.2, -0.15) is 0 Å². The highest BCUT2D eigenvalue weighted by molar-refractivity contribution is 8.27. The van der Waals surface area contributed by atoms with Gasteiger partial charge in [0.05, 0.1) is 23.3 Å². The number of aromatic hydroxyl groups is 2. The second-order valence-corrected chi connectivity index (χ2v) is 6.98. The molecule has 0 saturated carbocycles. The first-order valence-electron chi connectivity index (χ1n) is 7.39. The zero-order valence-corrected chi connectivity index (χ0v) is 15.1. The Hall–Kier alpha value is -2.84. The maximum absolute atomic E-state index is 12.7. The number of rotatable bonds is 3. The largest absolute Gasteiger partial charge is 0.504 e. The lowest BCUT2D eigenvalue weighted by atomic mass is 10.1. The Bertz CT molecular complexity index is 937. The van der Waals surface area contributed by atoms with Gasteiger partial charge in [-0.15, -0.1) is 0 Å². The predicted octanol–water partition coefficient (Wildman–Crippen LogP) is 3.29. The number of methoxy groups -OCH3 is 1. The zero-order valence-electron chi connectivity index (χ0n) is 13.5. The van der Waals surface area contributed by atoms with Crippen molar-refractivity contribution in [2.75, 3.05) is 12.0 Å². The van der Waals surface area contributed by atoms with Gasteiger partial charge in [0.1, 0.15) is 0 Å². The fourth-order valence-corrected chi connectivity index (χ4v) is 3.64. The van der Waals surface area contributed by atoms with Crippen molar-refractivity contribution in [1.82, 2.24) is 0 Å². The molecule has 3 rings (SSSR count). The number of amides is 1. The maximum atomic E-state index is 12.7. The highest BCUT2D eigenvalue weighted by Gasteiger charge is 2.33. The van der Waals surface area contributed by atoms with Gasteiger partial charge in [-0.05, 0) is 48.0 Å². The normalized spacial score (nSPS) is 15.6. The van der Waals surface area contributed by atoms with E-state index in [2.05, 4.69) is 4.74 Å². The van der Waals surface area contributed by atoms with Crippen molar-refractivity contribution in [1.29, 1.82) is 0 Å². The Kier molecular flexibility index (Phi) is 4.97. The zero-order chi connectivity index (χ0) is 18.8. The van der Waals surface area contributed by atoms with Crippen LogP contribution in [0.2, 0.25) is 0 Å². The summed E-state index contributed by atoms with van der Waals surface area (Å²) in [5, 5.41) is 18.9. The molecular weight excluding hydrogens is 374 g/mol. The lowest BCUT2D eigenvalue weighted by molar-refractivity contribution is -0.113. The summed E-state index contributed by atoms with van der Waals surface area (Å²) in [6.45, 7) is 0. The molecule has 1 heterocycles. The van der Waals surface area contributed by atoms with Gasteiger partial charge in [0, 0.05) is 0 Å². The monoisotopic (exact) mass is 387 g/mol. The summed E-state index contributed by atoms with van der Waals surface area (Å²) in [6.07, 6.45) is 1.58. The minimum atomic E-state index is -0.464. The molecule has 2 aromatic carbocycles. The molecule has 132 valence electrons. The van der Waals surface area contributed by atoms with Gasteiger partial charge >= 0.3 is 5.97 Å². The molecule has 6 nitrogen and oxygen atoms in total. The molecule has 0 spiro atoms. The highest BCUT2D eigenvalue weighted by atomic mass is 32.2. The van der Waals surface area contributed by atoms with Crippen LogP contribution in [0.25, 0.3) is 6.08 Å². The van der Waals surface area contributed by atoms with E-state index in [0.29, 0.717) is 26.0 Å². The lowest BCUT2D eigenvalue weighted by Gasteiger charge is -2.14. The number of carbonyl (C=O) groups is 2. The van der Waals surface area contributed by atoms with Crippen LogP contribution >= 0.6 is 24.0 Å². The van der Waals surface area contributed by atoms with Crippen LogP contribution < -0.4 is 4.90 Å². The Labute approximate surface area is 158 Å². The number of benzene rings is 2. The number of thiocarbonyl (C=S) groups is 1. The van der Waals surface area contributed by atoms with Gasteiger partial charge in [0.25, 0.3) is 5.91 Å². The van der Waals surface area contributed by atoms with Crippen LogP contribution in [0, 0.1) is 0 Å². The summed E-state index contributed by atoms with van der Waals surface area (Å²) >= 11 is 6.42. The summed E-state index contributed by atoms with van der Waals surface area (Å²) in [7, 11) is 1.30. The van der Waals surface area contributed by atoms with Crippen molar-refractivity contribution in [3.63, 3.8) is 0 Å². The molecule has 0 aromatic heterocycles. The molecule has 1 aliphatic rings. The molecule has 1 aliphatic heterocycles. The first-order valence-corrected chi connectivity index (χ1v) is 8.61. The summed E-state index contributed by atoms with van der Waals surface area (Å²) in [6, 6.07) is 10.6. The molecular formula is C18H13NO5S2. The smallest absolute Gasteiger partial charge is 0.337 e. The molecule has 26 heavy (non-hydrogen) atoms. The molecule has 8 heteroatoms. The number of hydrogen-bond acceptors (Lipinski definition) is 7. The van der Waals surface area contributed by atoms with E-state index in [1.54, 1.807) is 36.4 Å². The number of nitrogens with zero attached hydrogens (tertiary/aromatic N) is 1. The fourth-order valence-electron chi connectivity index (χ4n) is 2.34. The molecule has 0 unspecified atom stereocenters. The number of phenolic OH excluding ortho intramolecular Hbond substituents is 2. The standard InChI is InChI=1S/C18H13NO5S2/c1-24-17(23)11-3-5-12(6-4-11)19-16(22)15(26-18(19)25)9-10-2-7-13(20)14(21)8-10/h2-9,20-21H,1H3/b15-9-. The average Bonchev–Trinajstić information content (AvgIpc) is 2.91. The number of thioether (sulfide) groups is 1. The van der Waals surface area contributed by atoms with Crippen LogP contribution in [0.3, 0.4) is 0 Å². The number of phenols is 2. The van der Waals surface area contributed by atoms with E-state index in [-0.39, 0.29) is 17.4 Å². The highest BCUT2D eigenvalue weighted by Crippen LogP contribution is 2.37. The van der Waals surface area contributed by atoms with Crippen molar-refractivity contribution in [3.05, 3.63) is 58.5 Å². The minimum Gasteiger partial charge on any atom is -0.504 e. The van der Waals surface area contributed by atoms with Crippen molar-refractivity contribution >= 4 is 51.9 Å². The van der Waals surface area contributed by atoms with Crippen molar-refractivity contribution in [2.45, 2.75) is 0 Å². The van der Waals surface area contributed by atoms with E-state index in [0.717, 1.165) is 11.8 Å². The first kappa shape index (κ1) is 18.0. The summed E-state index contributed by atoms with van der Waals surface area (Å²) in [4.78, 5) is 25.9. The fraction of sp³-hybridized carbons (Fsp3) is 0.0556. The quantitative estimate of drug-likeness (QED) is 0.362. The molecule has 0 radical (unpaired) electrons. The van der Waals surface area contributed by atoms with E-state index in [1.165, 1.54) is 24.1 Å². The average molecular weight is 387 g/mol. The number of carbonyl (C=O) groups excluding carboxylic acids is 2. The molecule has 1 fully saturated rings. The van der Waals surface area contributed by atoms with E-state index in [9.17, 15) is 19.8 Å². The van der Waals surface area contributed by atoms with Gasteiger partial charge in [-0.1, -0.05) is 30.0 Å². The Balaban J connectivity index is 1.88. The molecule has 0 aliphatic carbocycles. The van der Waals surface area contributed by atoms with Crippen molar-refractivity contribution in [3.8, 4) is 11.5 Å². The van der Waals surface area contributed by atoms with Crippen LogP contribution in [0.15, 0.2) is 47.4 Å². The van der Waals surface area contributed by atoms with Gasteiger partial charge in [-0.25, -0.2) is 4.79 Å². The molecule has 2 N–H and O–H groups in total. The molecule has 0 bridgehead atoms. The Morgan fingerprint density at radius 3 is 2.46 bits per heavy atom. The third-order valence-corrected chi connectivity index (χ3v) is 4.94. The van der Waals surface area contributed by atoms with Gasteiger partial charge < -0.3 is 14.9 Å². The Morgan fingerprint density at radius 1 is 1.15 bits per heavy atom. The van der Waals surface area contributed by atoms with Crippen LogP contribution in [0.5, 0.6) is 11.5 Å². The molecule has 1 saturated heterocycles. The molecule has 0 atom stereocenters. The Morgan fingerprint density at radius 2 is 1.85 bits per heavy atom. The van der Waals surface area contributed by atoms with E-state index >= 15 is 0 Å². The topological polar surface area (TPSA) is 87.1 Å². The second-order valence-electron chi connectivity index (χ2n) is 5.30. The summed E-state index contributed by atoms with van der Waals surface area (Å²) < 4.78 is 5.01. The molecule has 1 amide bonds. The van der Waals surface area contributed by atoms with Crippen molar-refractivity contribution < 1.29 is 24.5 Å². The summed E-state index contributed by atoms with van der Waals surface area (Å²) in [5.41, 5.74) is 1.47. The number of esters is 1. The summed E-state index contributed by atoms with van der Waals surface area (Å²) in [5.74, 6) is -1.28. The third-order valence-electron chi connectivity index (χ3n) is 3.64. The van der Waals surface area contributed by atoms with E-state index < -0.39 is 5.97 Å². The van der Waals surface area contributed by atoms with Crippen LogP contribution in [0.1, 0.15) is 15.9 Å². The number of anilines is 1. The van der Waals surface area contributed by atoms with E-state index in [4.69, 9.17) is 12.2 Å². The maximum Gasteiger partial charge on any atom is 0.337 e. The second kappa shape index (κ2) is 7.19. The van der Waals surface area contributed by atoms with Crippen molar-refractivity contribution in [2.24, 2.45) is 0 Å². The van der Waals surface area contributed by atoms with E-state index in [1.807, 2.05) is 0 Å². The van der Waals surface area contributed by atoms with Gasteiger partial charge in [-0.3, -0.25) is 9.69 Å². The predicted molar refractivity (Wildman–Crippen MR) is 103 cm³/mol. The lowest BCUT2D eigenvalue weighted by Crippen LogP contribution is -2.27. The first-order chi connectivity index (χ1) is 12.4. The molecule has 2 aromatic rings. The van der Waals surface area contributed by atoms with Gasteiger partial charge in [0.15, 0.2) is 15.8 Å². The minimum absolute atomic E-state index is 0.236. The number of ether oxygens (including phenoxy) is 1. The van der Waals surface area contributed by atoms with Gasteiger partial charge in [0.2, 0.25) is 0 Å². The van der Waals surface area contributed by atoms with Crippen LogP contribution in [-0.2, 0) is 9.53 Å². The van der Waals surface area contributed by atoms with Crippen LogP contribution in [-0.4, -0.2) is 33.5 Å². The third kappa shape index (κ3) is 3.42. The SMILES string of the molecule is COC(=O)c1ccc(N2C(=O)/C(=C/c3ccc(O)c(O)c3)SC2=S)cc1. The van der Waals surface area contributed by atoms with Crippen LogP contribution in [0.4, 0.5) is 5.69 Å². The number of hydrogen-bond donors (Lipinski definition) is 2.